The summed E-state index contributed by atoms with van der Waals surface area (Å²) in [5.74, 6) is 0. The third kappa shape index (κ3) is 2.00. The van der Waals surface area contributed by atoms with Crippen molar-refractivity contribution >= 4 is 21.5 Å². The van der Waals surface area contributed by atoms with Gasteiger partial charge in [0.25, 0.3) is 0 Å². The molecule has 0 radical (unpaired) electrons. The van der Waals surface area contributed by atoms with Gasteiger partial charge in [0, 0.05) is 5.41 Å². The van der Waals surface area contributed by atoms with Gasteiger partial charge in [0.1, 0.15) is 0 Å². The van der Waals surface area contributed by atoms with Crippen molar-refractivity contribution in [1.29, 1.82) is 0 Å². The standard InChI is InChI=1S/C28H20/c1-28(23-15-14-19-8-2-3-9-20(19)16-23)26-13-7-6-12-24(26)25-17-21-10-4-5-11-22(21)18-27(25)28/h2-18H,1H3. The average Bonchev–Trinajstić information content (AvgIpc) is 3.01. The van der Waals surface area contributed by atoms with E-state index in [-0.39, 0.29) is 5.41 Å². The van der Waals surface area contributed by atoms with Crippen LogP contribution in [0.3, 0.4) is 0 Å². The number of fused-ring (bicyclic) bond motifs is 5. The highest BCUT2D eigenvalue weighted by Crippen LogP contribution is 2.53. The lowest BCUT2D eigenvalue weighted by Crippen LogP contribution is -2.22. The molecule has 0 spiro atoms. The molecule has 0 N–H and O–H groups in total. The third-order valence-corrected chi connectivity index (χ3v) is 6.51. The van der Waals surface area contributed by atoms with Crippen LogP contribution in [0, 0.1) is 0 Å². The Bertz CT molecular complexity index is 1380. The highest BCUT2D eigenvalue weighted by Gasteiger charge is 2.40. The Morgan fingerprint density at radius 3 is 1.86 bits per heavy atom. The first kappa shape index (κ1) is 15.7. The van der Waals surface area contributed by atoms with Crippen molar-refractivity contribution in [2.24, 2.45) is 0 Å². The summed E-state index contributed by atoms with van der Waals surface area (Å²) in [4.78, 5) is 0. The van der Waals surface area contributed by atoms with Crippen LogP contribution in [0.4, 0.5) is 0 Å². The van der Waals surface area contributed by atoms with Gasteiger partial charge in [-0.1, -0.05) is 84.9 Å². The summed E-state index contributed by atoms with van der Waals surface area (Å²) in [7, 11) is 0. The fourth-order valence-electron chi connectivity index (χ4n) is 4.99. The lowest BCUT2D eigenvalue weighted by atomic mass is 9.73. The molecule has 0 nitrogen and oxygen atoms in total. The Balaban J connectivity index is 1.71. The Morgan fingerprint density at radius 2 is 1.07 bits per heavy atom. The Labute approximate surface area is 165 Å². The van der Waals surface area contributed by atoms with Gasteiger partial charge in [-0.3, -0.25) is 0 Å². The number of rotatable bonds is 1. The minimum atomic E-state index is -0.153. The molecule has 0 bridgehead atoms. The van der Waals surface area contributed by atoms with Crippen LogP contribution in [0.1, 0.15) is 23.6 Å². The average molecular weight is 356 g/mol. The van der Waals surface area contributed by atoms with E-state index in [9.17, 15) is 0 Å². The van der Waals surface area contributed by atoms with Gasteiger partial charge in [0.2, 0.25) is 0 Å². The Morgan fingerprint density at radius 1 is 0.464 bits per heavy atom. The van der Waals surface area contributed by atoms with Crippen LogP contribution in [0.15, 0.2) is 103 Å². The van der Waals surface area contributed by atoms with Gasteiger partial charge in [0.05, 0.1) is 0 Å². The maximum atomic E-state index is 2.40. The summed E-state index contributed by atoms with van der Waals surface area (Å²) >= 11 is 0. The van der Waals surface area contributed by atoms with Gasteiger partial charge in [0.15, 0.2) is 0 Å². The quantitative estimate of drug-likeness (QED) is 0.295. The molecule has 132 valence electrons. The first-order valence-electron chi connectivity index (χ1n) is 9.87. The summed E-state index contributed by atoms with van der Waals surface area (Å²) in [6.45, 7) is 2.39. The molecule has 1 unspecified atom stereocenters. The maximum absolute atomic E-state index is 2.40. The van der Waals surface area contributed by atoms with E-state index in [2.05, 4.69) is 110 Å². The maximum Gasteiger partial charge on any atom is 0.0435 e. The van der Waals surface area contributed by atoms with Crippen molar-refractivity contribution in [3.63, 3.8) is 0 Å². The number of hydrogen-bond acceptors (Lipinski definition) is 0. The lowest BCUT2D eigenvalue weighted by Gasteiger charge is -2.29. The van der Waals surface area contributed by atoms with E-state index in [1.165, 1.54) is 49.4 Å². The molecule has 0 saturated heterocycles. The monoisotopic (exact) mass is 356 g/mol. The molecule has 6 rings (SSSR count). The highest BCUT2D eigenvalue weighted by atomic mass is 14.4. The summed E-state index contributed by atoms with van der Waals surface area (Å²) in [5, 5.41) is 5.20. The molecule has 28 heavy (non-hydrogen) atoms. The molecule has 0 amide bonds. The van der Waals surface area contributed by atoms with Crippen molar-refractivity contribution in [3.05, 3.63) is 120 Å². The van der Waals surface area contributed by atoms with E-state index >= 15 is 0 Å². The van der Waals surface area contributed by atoms with Gasteiger partial charge in [-0.15, -0.1) is 0 Å². The van der Waals surface area contributed by atoms with Crippen LogP contribution in [0.2, 0.25) is 0 Å². The van der Waals surface area contributed by atoms with Crippen LogP contribution in [-0.4, -0.2) is 0 Å². The first-order valence-corrected chi connectivity index (χ1v) is 9.87. The molecule has 0 fully saturated rings. The molecule has 0 heterocycles. The smallest absolute Gasteiger partial charge is 0.0435 e. The first-order chi connectivity index (χ1) is 13.7. The van der Waals surface area contributed by atoms with E-state index in [1.807, 2.05) is 0 Å². The SMILES string of the molecule is CC1(c2ccc3ccccc3c2)c2ccccc2-c2cc3ccccc3cc21. The van der Waals surface area contributed by atoms with Crippen LogP contribution < -0.4 is 0 Å². The lowest BCUT2D eigenvalue weighted by molar-refractivity contribution is 0.716. The molecule has 0 aromatic heterocycles. The minimum Gasteiger partial charge on any atom is -0.0619 e. The second kappa shape index (κ2) is 5.56. The minimum absolute atomic E-state index is 0.153. The third-order valence-electron chi connectivity index (χ3n) is 6.51. The van der Waals surface area contributed by atoms with Crippen molar-refractivity contribution in [2.75, 3.05) is 0 Å². The molecule has 1 aliphatic rings. The second-order valence-electron chi connectivity index (χ2n) is 7.98. The van der Waals surface area contributed by atoms with Crippen molar-refractivity contribution in [3.8, 4) is 11.1 Å². The van der Waals surface area contributed by atoms with Gasteiger partial charge < -0.3 is 0 Å². The van der Waals surface area contributed by atoms with Crippen molar-refractivity contribution in [1.82, 2.24) is 0 Å². The van der Waals surface area contributed by atoms with E-state index in [4.69, 9.17) is 0 Å². The normalized spacial score (nSPS) is 17.6. The Kier molecular flexibility index (Phi) is 3.11. The Hall–Kier alpha value is -3.38. The van der Waals surface area contributed by atoms with Crippen molar-refractivity contribution in [2.45, 2.75) is 12.3 Å². The van der Waals surface area contributed by atoms with E-state index in [0.717, 1.165) is 0 Å². The largest absolute Gasteiger partial charge is 0.0619 e. The molecule has 0 aliphatic heterocycles. The molecule has 0 heteroatoms. The zero-order chi connectivity index (χ0) is 18.7. The van der Waals surface area contributed by atoms with E-state index in [1.54, 1.807) is 0 Å². The predicted octanol–water partition coefficient (Wildman–Crippen LogP) is 7.33. The highest BCUT2D eigenvalue weighted by molar-refractivity contribution is 5.95. The zero-order valence-electron chi connectivity index (χ0n) is 15.8. The van der Waals surface area contributed by atoms with E-state index < -0.39 is 0 Å². The second-order valence-corrected chi connectivity index (χ2v) is 7.98. The number of benzene rings is 5. The predicted molar refractivity (Wildman–Crippen MR) is 119 cm³/mol. The van der Waals surface area contributed by atoms with Crippen LogP contribution in [0.25, 0.3) is 32.7 Å². The van der Waals surface area contributed by atoms with Gasteiger partial charge >= 0.3 is 0 Å². The van der Waals surface area contributed by atoms with Gasteiger partial charge in [-0.25, -0.2) is 0 Å². The summed E-state index contributed by atoms with van der Waals surface area (Å²) in [6, 6.07) is 37.9. The van der Waals surface area contributed by atoms with Gasteiger partial charge in [-0.2, -0.15) is 0 Å². The van der Waals surface area contributed by atoms with Crippen LogP contribution in [-0.2, 0) is 5.41 Å². The molecule has 1 atom stereocenters. The van der Waals surface area contributed by atoms with Crippen molar-refractivity contribution < 1.29 is 0 Å². The summed E-state index contributed by atoms with van der Waals surface area (Å²) < 4.78 is 0. The van der Waals surface area contributed by atoms with Crippen LogP contribution in [0.5, 0.6) is 0 Å². The molecule has 1 aliphatic carbocycles. The fraction of sp³-hybridized carbons (Fsp3) is 0.0714. The van der Waals surface area contributed by atoms with Gasteiger partial charge in [-0.05, 0) is 74.5 Å². The summed E-state index contributed by atoms with van der Waals surface area (Å²) in [6.07, 6.45) is 0. The van der Waals surface area contributed by atoms with E-state index in [0.29, 0.717) is 0 Å². The number of hydrogen-bond donors (Lipinski definition) is 0. The summed E-state index contributed by atoms with van der Waals surface area (Å²) in [5.41, 5.74) is 6.73. The molecular weight excluding hydrogens is 336 g/mol. The molecule has 5 aromatic carbocycles. The fourth-order valence-corrected chi connectivity index (χ4v) is 4.99. The molecule has 0 saturated carbocycles. The zero-order valence-corrected chi connectivity index (χ0v) is 15.8. The molecular formula is C28H20. The van der Waals surface area contributed by atoms with Crippen LogP contribution >= 0.6 is 0 Å². The molecule has 5 aromatic rings. The topological polar surface area (TPSA) is 0 Å².